The van der Waals surface area contributed by atoms with Crippen molar-refractivity contribution in [3.63, 3.8) is 0 Å². The van der Waals surface area contributed by atoms with Crippen LogP contribution in [0.2, 0.25) is 0 Å². The summed E-state index contributed by atoms with van der Waals surface area (Å²) in [4.78, 5) is 7.97. The molecule has 0 bridgehead atoms. The van der Waals surface area contributed by atoms with Crippen LogP contribution in [0.3, 0.4) is 0 Å². The summed E-state index contributed by atoms with van der Waals surface area (Å²) >= 11 is 0. The molecule has 0 fully saturated rings. The van der Waals surface area contributed by atoms with E-state index in [1.54, 1.807) is 0 Å². The van der Waals surface area contributed by atoms with Gasteiger partial charge in [0.2, 0.25) is 5.65 Å². The highest BCUT2D eigenvalue weighted by Crippen LogP contribution is 2.39. The Hall–Kier alpha value is -3.08. The largest absolute Gasteiger partial charge is 0.507 e. The van der Waals surface area contributed by atoms with Gasteiger partial charge in [-0.25, -0.2) is 4.98 Å². The third-order valence-corrected chi connectivity index (χ3v) is 3.32. The second kappa shape index (κ2) is 4.98. The number of aromatic hydroxyl groups is 1. The van der Waals surface area contributed by atoms with Crippen molar-refractivity contribution in [1.82, 2.24) is 9.97 Å². The van der Waals surface area contributed by atoms with Gasteiger partial charge in [-0.05, 0) is 30.7 Å². The number of alkyl halides is 3. The van der Waals surface area contributed by atoms with Gasteiger partial charge in [-0.2, -0.15) is 23.4 Å². The predicted molar refractivity (Wildman–Crippen MR) is 73.4 cm³/mol. The van der Waals surface area contributed by atoms with E-state index in [1.807, 2.05) is 6.07 Å². The molecular weight excluding hydrogens is 311 g/mol. The maximum absolute atomic E-state index is 12.8. The smallest absolute Gasteiger partial charge is 0.416 e. The summed E-state index contributed by atoms with van der Waals surface area (Å²) in [5, 5.41) is 19.1. The molecule has 0 unspecified atom stereocenters. The van der Waals surface area contributed by atoms with Crippen molar-refractivity contribution in [2.45, 2.75) is 13.1 Å². The van der Waals surface area contributed by atoms with E-state index >= 15 is 0 Å². The predicted octanol–water partition coefficient (Wildman–Crippen LogP) is 3.79. The number of phenols is 1. The van der Waals surface area contributed by atoms with Crippen molar-refractivity contribution in [2.24, 2.45) is 0 Å². The van der Waals surface area contributed by atoms with Gasteiger partial charge in [0.1, 0.15) is 17.4 Å². The number of nitrogens with zero attached hydrogens (tertiary/aromatic N) is 3. The van der Waals surface area contributed by atoms with E-state index in [4.69, 9.17) is 9.68 Å². The van der Waals surface area contributed by atoms with Crippen LogP contribution in [0.4, 0.5) is 13.2 Å². The van der Waals surface area contributed by atoms with Crippen molar-refractivity contribution in [2.75, 3.05) is 0 Å². The van der Waals surface area contributed by atoms with Gasteiger partial charge in [-0.1, -0.05) is 0 Å². The molecule has 0 aliphatic rings. The SMILES string of the molecule is Cc1cc(C(F)(F)F)cc(O)c1-c1cc(C#N)c2ocnc2n1. The van der Waals surface area contributed by atoms with Crippen molar-refractivity contribution in [1.29, 1.82) is 5.26 Å². The van der Waals surface area contributed by atoms with Gasteiger partial charge in [-0.3, -0.25) is 0 Å². The number of rotatable bonds is 1. The highest BCUT2D eigenvalue weighted by atomic mass is 19.4. The first-order valence-corrected chi connectivity index (χ1v) is 6.37. The second-order valence-corrected chi connectivity index (χ2v) is 4.86. The van der Waals surface area contributed by atoms with Crippen molar-refractivity contribution >= 4 is 11.2 Å². The van der Waals surface area contributed by atoms with Gasteiger partial charge in [0.15, 0.2) is 12.0 Å². The van der Waals surface area contributed by atoms with E-state index in [1.165, 1.54) is 13.0 Å². The first kappa shape index (κ1) is 14.8. The number of halogens is 3. The maximum atomic E-state index is 12.8. The third-order valence-electron chi connectivity index (χ3n) is 3.32. The van der Waals surface area contributed by atoms with Gasteiger partial charge in [0.25, 0.3) is 0 Å². The molecule has 1 aromatic carbocycles. The number of phenolic OH excluding ortho intramolecular Hbond substituents is 1. The normalized spacial score (nSPS) is 11.6. The van der Waals surface area contributed by atoms with Crippen LogP contribution in [0.5, 0.6) is 5.75 Å². The van der Waals surface area contributed by atoms with Gasteiger partial charge >= 0.3 is 6.18 Å². The number of nitriles is 1. The Morgan fingerprint density at radius 1 is 1.26 bits per heavy atom. The number of oxazole rings is 1. The zero-order chi connectivity index (χ0) is 16.8. The van der Waals surface area contributed by atoms with Gasteiger partial charge in [-0.15, -0.1) is 0 Å². The van der Waals surface area contributed by atoms with Crippen LogP contribution < -0.4 is 0 Å². The number of hydrogen-bond acceptors (Lipinski definition) is 5. The molecule has 2 aromatic heterocycles. The molecule has 0 saturated heterocycles. The summed E-state index contributed by atoms with van der Waals surface area (Å²) in [6.07, 6.45) is -3.45. The molecule has 116 valence electrons. The van der Waals surface area contributed by atoms with E-state index in [9.17, 15) is 18.3 Å². The number of benzene rings is 1. The fourth-order valence-electron chi connectivity index (χ4n) is 2.33. The fourth-order valence-corrected chi connectivity index (χ4v) is 2.33. The molecule has 0 saturated carbocycles. The lowest BCUT2D eigenvalue weighted by atomic mass is 9.99. The Morgan fingerprint density at radius 2 is 2.00 bits per heavy atom. The van der Waals surface area contributed by atoms with Gasteiger partial charge in [0.05, 0.1) is 11.3 Å². The Morgan fingerprint density at radius 3 is 2.61 bits per heavy atom. The Balaban J connectivity index is 2.25. The maximum Gasteiger partial charge on any atom is 0.416 e. The first-order chi connectivity index (χ1) is 10.8. The summed E-state index contributed by atoms with van der Waals surface area (Å²) in [7, 11) is 0. The van der Waals surface area contributed by atoms with E-state index in [0.717, 1.165) is 12.5 Å². The van der Waals surface area contributed by atoms with Crippen LogP contribution in [0, 0.1) is 18.3 Å². The topological polar surface area (TPSA) is 82.9 Å². The van der Waals surface area contributed by atoms with E-state index in [-0.39, 0.29) is 33.6 Å². The minimum absolute atomic E-state index is 0.111. The monoisotopic (exact) mass is 319 g/mol. The van der Waals surface area contributed by atoms with Crippen LogP contribution in [-0.2, 0) is 6.18 Å². The molecule has 2 heterocycles. The average molecular weight is 319 g/mol. The van der Waals surface area contributed by atoms with Crippen LogP contribution in [-0.4, -0.2) is 15.1 Å². The van der Waals surface area contributed by atoms with E-state index in [2.05, 4.69) is 9.97 Å². The van der Waals surface area contributed by atoms with Gasteiger partial charge in [0, 0.05) is 5.56 Å². The molecule has 0 atom stereocenters. The van der Waals surface area contributed by atoms with Crippen molar-refractivity contribution < 1.29 is 22.7 Å². The van der Waals surface area contributed by atoms with Crippen LogP contribution in [0.15, 0.2) is 29.0 Å². The van der Waals surface area contributed by atoms with Crippen molar-refractivity contribution in [3.8, 4) is 23.1 Å². The molecule has 8 heteroatoms. The highest BCUT2D eigenvalue weighted by molar-refractivity contribution is 5.82. The molecular formula is C15H8F3N3O2. The third kappa shape index (κ3) is 2.46. The summed E-state index contributed by atoms with van der Waals surface area (Å²) < 4.78 is 43.4. The zero-order valence-corrected chi connectivity index (χ0v) is 11.6. The molecule has 23 heavy (non-hydrogen) atoms. The summed E-state index contributed by atoms with van der Waals surface area (Å²) in [6.45, 7) is 1.42. The minimum atomic E-state index is -4.57. The number of pyridine rings is 1. The van der Waals surface area contributed by atoms with E-state index in [0.29, 0.717) is 6.07 Å². The minimum Gasteiger partial charge on any atom is -0.507 e. The Kier molecular flexibility index (Phi) is 3.21. The number of fused-ring (bicyclic) bond motifs is 1. The summed E-state index contributed by atoms with van der Waals surface area (Å²) in [5.41, 5.74) is -0.0823. The lowest BCUT2D eigenvalue weighted by Crippen LogP contribution is -2.05. The van der Waals surface area contributed by atoms with Crippen LogP contribution >= 0.6 is 0 Å². The molecule has 3 aromatic rings. The number of hydrogen-bond donors (Lipinski definition) is 1. The quantitative estimate of drug-likeness (QED) is 0.737. The molecule has 1 N–H and O–H groups in total. The average Bonchev–Trinajstić information content (AvgIpc) is 2.93. The van der Waals surface area contributed by atoms with Gasteiger partial charge < -0.3 is 9.52 Å². The Labute approximate surface area is 127 Å². The number of aromatic nitrogens is 2. The van der Waals surface area contributed by atoms with Crippen molar-refractivity contribution in [3.05, 3.63) is 41.3 Å². The lowest BCUT2D eigenvalue weighted by Gasteiger charge is -2.13. The molecule has 0 aliphatic carbocycles. The standard InChI is InChI=1S/C15H8F3N3O2/c1-7-2-9(15(16,17)18)4-11(22)12(7)10-3-8(5-19)13-14(21-10)20-6-23-13/h2-4,6,22H,1H3. The van der Waals surface area contributed by atoms with Crippen LogP contribution in [0.1, 0.15) is 16.7 Å². The lowest BCUT2D eigenvalue weighted by molar-refractivity contribution is -0.137. The first-order valence-electron chi connectivity index (χ1n) is 6.37. The zero-order valence-electron chi connectivity index (χ0n) is 11.6. The molecule has 0 amide bonds. The second-order valence-electron chi connectivity index (χ2n) is 4.86. The summed E-state index contributed by atoms with van der Waals surface area (Å²) in [6, 6.07) is 4.78. The Bertz CT molecular complexity index is 932. The summed E-state index contributed by atoms with van der Waals surface area (Å²) in [5.74, 6) is -0.573. The molecule has 0 spiro atoms. The fraction of sp³-hybridized carbons (Fsp3) is 0.133. The van der Waals surface area contributed by atoms with Crippen LogP contribution in [0.25, 0.3) is 22.5 Å². The molecule has 3 rings (SSSR count). The molecule has 0 aliphatic heterocycles. The molecule has 0 radical (unpaired) electrons. The number of aryl methyl sites for hydroxylation is 1. The van der Waals surface area contributed by atoms with E-state index < -0.39 is 17.5 Å². The highest BCUT2D eigenvalue weighted by Gasteiger charge is 2.32. The molecule has 5 nitrogen and oxygen atoms in total.